The van der Waals surface area contributed by atoms with Crippen LogP contribution >= 0.6 is 0 Å². The van der Waals surface area contributed by atoms with E-state index in [9.17, 15) is 4.39 Å². The molecule has 0 aromatic heterocycles. The molecule has 1 aliphatic rings. The number of fused-ring (bicyclic) bond motifs is 3. The Balaban J connectivity index is 1.79. The van der Waals surface area contributed by atoms with E-state index in [1.165, 1.54) is 40.5 Å². The highest BCUT2D eigenvalue weighted by Crippen LogP contribution is 2.40. The zero-order chi connectivity index (χ0) is 17.2. The Labute approximate surface area is 148 Å². The van der Waals surface area contributed by atoms with Gasteiger partial charge in [-0.2, -0.15) is 0 Å². The van der Waals surface area contributed by atoms with Crippen molar-refractivity contribution < 1.29 is 4.39 Å². The minimum Gasteiger partial charge on any atom is -0.207 e. The lowest BCUT2D eigenvalue weighted by Gasteiger charge is -2.30. The summed E-state index contributed by atoms with van der Waals surface area (Å²) in [5.74, 6) is 7.41. The predicted molar refractivity (Wildman–Crippen MR) is 102 cm³/mol. The molecule has 0 saturated heterocycles. The van der Waals surface area contributed by atoms with Crippen LogP contribution in [0.2, 0.25) is 0 Å². The molecule has 0 unspecified atom stereocenters. The van der Waals surface area contributed by atoms with Crippen LogP contribution in [0.5, 0.6) is 0 Å². The summed E-state index contributed by atoms with van der Waals surface area (Å²) in [5, 5.41) is 2.67. The summed E-state index contributed by atoms with van der Waals surface area (Å²) >= 11 is 0. The lowest BCUT2D eigenvalue weighted by atomic mass is 9.73. The summed E-state index contributed by atoms with van der Waals surface area (Å²) in [7, 11) is 0. The Bertz CT molecular complexity index is 957. The van der Waals surface area contributed by atoms with Crippen LogP contribution in [0, 0.1) is 23.6 Å². The first-order valence-electron chi connectivity index (χ1n) is 9.04. The third-order valence-electron chi connectivity index (χ3n) is 5.39. The van der Waals surface area contributed by atoms with Crippen molar-refractivity contribution in [1.29, 1.82) is 0 Å². The van der Waals surface area contributed by atoms with Gasteiger partial charge in [-0.25, -0.2) is 4.39 Å². The molecule has 0 bridgehead atoms. The Morgan fingerprint density at radius 3 is 2.60 bits per heavy atom. The van der Waals surface area contributed by atoms with E-state index in [-0.39, 0.29) is 11.7 Å². The lowest BCUT2D eigenvalue weighted by molar-refractivity contribution is 0.414. The number of rotatable bonds is 1. The van der Waals surface area contributed by atoms with E-state index >= 15 is 0 Å². The molecule has 1 heteroatoms. The molecule has 2 atom stereocenters. The molecule has 0 fully saturated rings. The molecule has 124 valence electrons. The first kappa shape index (κ1) is 15.9. The summed E-state index contributed by atoms with van der Waals surface area (Å²) in [6.07, 6.45) is 3.44. The second-order valence-corrected chi connectivity index (χ2v) is 6.82. The van der Waals surface area contributed by atoms with E-state index in [2.05, 4.69) is 55.2 Å². The Hall–Kier alpha value is -2.59. The quantitative estimate of drug-likeness (QED) is 0.474. The molecular weight excluding hydrogens is 307 g/mol. The molecular formula is C24H21F. The average molecular weight is 328 g/mol. The molecule has 1 aliphatic carbocycles. The monoisotopic (exact) mass is 328 g/mol. The summed E-state index contributed by atoms with van der Waals surface area (Å²) in [6.45, 7) is 2.25. The standard InChI is InChI=1S/C24H21F/c1-2-18-10-15-23-21-6-4-3-5-19(21)11-16-24(23)22(18)14-9-17-7-12-20(25)13-8-17/h3-8,11-13,16,18,22H,2,10,15H2,1H3/t18-,22+/m1/s1. The summed E-state index contributed by atoms with van der Waals surface area (Å²) in [6, 6.07) is 19.6. The number of hydrogen-bond donors (Lipinski definition) is 0. The Kier molecular flexibility index (Phi) is 4.28. The number of aryl methyl sites for hydroxylation is 1. The van der Waals surface area contributed by atoms with Gasteiger partial charge in [0.15, 0.2) is 0 Å². The number of hydrogen-bond acceptors (Lipinski definition) is 0. The van der Waals surface area contributed by atoms with Gasteiger partial charge in [0.05, 0.1) is 0 Å². The normalized spacial score (nSPS) is 19.1. The number of benzene rings is 3. The molecule has 4 rings (SSSR count). The van der Waals surface area contributed by atoms with Crippen LogP contribution in [-0.2, 0) is 6.42 Å². The van der Waals surface area contributed by atoms with Crippen LogP contribution in [-0.4, -0.2) is 0 Å². The van der Waals surface area contributed by atoms with Crippen LogP contribution in [0.15, 0.2) is 60.7 Å². The average Bonchev–Trinajstić information content (AvgIpc) is 2.67. The van der Waals surface area contributed by atoms with Crippen molar-refractivity contribution in [1.82, 2.24) is 0 Å². The van der Waals surface area contributed by atoms with Gasteiger partial charge in [-0.15, -0.1) is 0 Å². The molecule has 0 aliphatic heterocycles. The molecule has 0 amide bonds. The van der Waals surface area contributed by atoms with Crippen LogP contribution in [0.4, 0.5) is 4.39 Å². The van der Waals surface area contributed by atoms with Crippen LogP contribution in [0.25, 0.3) is 10.8 Å². The zero-order valence-corrected chi connectivity index (χ0v) is 14.4. The van der Waals surface area contributed by atoms with Gasteiger partial charge < -0.3 is 0 Å². The highest BCUT2D eigenvalue weighted by molar-refractivity contribution is 5.87. The molecule has 0 spiro atoms. The molecule has 3 aromatic carbocycles. The third-order valence-corrected chi connectivity index (χ3v) is 5.39. The molecule has 0 N–H and O–H groups in total. The van der Waals surface area contributed by atoms with Gasteiger partial charge in [0, 0.05) is 11.5 Å². The summed E-state index contributed by atoms with van der Waals surface area (Å²) < 4.78 is 13.1. The van der Waals surface area contributed by atoms with E-state index in [1.807, 2.05) is 0 Å². The summed E-state index contributed by atoms with van der Waals surface area (Å²) in [5.41, 5.74) is 3.72. The Morgan fingerprint density at radius 1 is 1.00 bits per heavy atom. The van der Waals surface area contributed by atoms with E-state index < -0.39 is 0 Å². The maximum absolute atomic E-state index is 13.1. The lowest BCUT2D eigenvalue weighted by Crippen LogP contribution is -2.19. The van der Waals surface area contributed by atoms with Gasteiger partial charge in [0.25, 0.3) is 0 Å². The fourth-order valence-corrected chi connectivity index (χ4v) is 4.00. The molecule has 3 aromatic rings. The largest absolute Gasteiger partial charge is 0.207 e. The third kappa shape index (κ3) is 3.05. The molecule has 0 heterocycles. The number of halogens is 1. The van der Waals surface area contributed by atoms with E-state index in [0.29, 0.717) is 5.92 Å². The highest BCUT2D eigenvalue weighted by Gasteiger charge is 2.28. The van der Waals surface area contributed by atoms with E-state index in [1.54, 1.807) is 12.1 Å². The first-order valence-corrected chi connectivity index (χ1v) is 9.04. The van der Waals surface area contributed by atoms with Crippen molar-refractivity contribution in [3.63, 3.8) is 0 Å². The smallest absolute Gasteiger partial charge is 0.123 e. The fourth-order valence-electron chi connectivity index (χ4n) is 4.00. The van der Waals surface area contributed by atoms with Crippen molar-refractivity contribution in [3.05, 3.63) is 83.2 Å². The van der Waals surface area contributed by atoms with Gasteiger partial charge in [-0.1, -0.05) is 61.6 Å². The summed E-state index contributed by atoms with van der Waals surface area (Å²) in [4.78, 5) is 0. The van der Waals surface area contributed by atoms with Crippen molar-refractivity contribution >= 4 is 10.8 Å². The topological polar surface area (TPSA) is 0 Å². The maximum atomic E-state index is 13.1. The van der Waals surface area contributed by atoms with Gasteiger partial charge in [0.2, 0.25) is 0 Å². The second-order valence-electron chi connectivity index (χ2n) is 6.82. The van der Waals surface area contributed by atoms with Crippen molar-refractivity contribution in [2.24, 2.45) is 5.92 Å². The van der Waals surface area contributed by atoms with Crippen LogP contribution in [0.1, 0.15) is 42.4 Å². The van der Waals surface area contributed by atoms with Crippen LogP contribution in [0.3, 0.4) is 0 Å². The van der Waals surface area contributed by atoms with Crippen LogP contribution < -0.4 is 0 Å². The van der Waals surface area contributed by atoms with Gasteiger partial charge in [-0.3, -0.25) is 0 Å². The molecule has 0 saturated carbocycles. The van der Waals surface area contributed by atoms with Gasteiger partial charge >= 0.3 is 0 Å². The first-order chi connectivity index (χ1) is 12.3. The minimum atomic E-state index is -0.216. The molecule has 0 radical (unpaired) electrons. The minimum absolute atomic E-state index is 0.216. The predicted octanol–water partition coefficient (Wildman–Crippen LogP) is 6.09. The molecule has 0 nitrogen and oxygen atoms in total. The van der Waals surface area contributed by atoms with Crippen molar-refractivity contribution in [2.45, 2.75) is 32.1 Å². The van der Waals surface area contributed by atoms with Crippen molar-refractivity contribution in [2.75, 3.05) is 0 Å². The van der Waals surface area contributed by atoms with Crippen molar-refractivity contribution in [3.8, 4) is 11.8 Å². The highest BCUT2D eigenvalue weighted by atomic mass is 19.1. The van der Waals surface area contributed by atoms with Gasteiger partial charge in [-0.05, 0) is 64.9 Å². The van der Waals surface area contributed by atoms with E-state index in [4.69, 9.17) is 0 Å². The zero-order valence-electron chi connectivity index (χ0n) is 14.4. The Morgan fingerprint density at radius 2 is 1.80 bits per heavy atom. The maximum Gasteiger partial charge on any atom is 0.123 e. The molecule has 25 heavy (non-hydrogen) atoms. The fraction of sp³-hybridized carbons (Fsp3) is 0.250. The van der Waals surface area contributed by atoms with E-state index in [0.717, 1.165) is 18.4 Å². The SMILES string of the molecule is CC[C@@H]1CCc2c(ccc3ccccc23)[C@H]1C#Cc1ccc(F)cc1. The second kappa shape index (κ2) is 6.73. The van der Waals surface area contributed by atoms with Gasteiger partial charge in [0.1, 0.15) is 5.82 Å².